The summed E-state index contributed by atoms with van der Waals surface area (Å²) in [6, 6.07) is 12.2. The van der Waals surface area contributed by atoms with E-state index in [4.69, 9.17) is 16.3 Å². The summed E-state index contributed by atoms with van der Waals surface area (Å²) in [6.07, 6.45) is 4.39. The molecule has 2 aliphatic rings. The lowest BCUT2D eigenvalue weighted by Gasteiger charge is -2.32. The van der Waals surface area contributed by atoms with Gasteiger partial charge in [-0.25, -0.2) is 13.1 Å². The van der Waals surface area contributed by atoms with Crippen LogP contribution in [0.4, 0.5) is 0 Å². The molecular weight excluding hydrogens is 450 g/mol. The fourth-order valence-electron chi connectivity index (χ4n) is 4.00. The third-order valence-electron chi connectivity index (χ3n) is 6.02. The van der Waals surface area contributed by atoms with Crippen LogP contribution in [0.2, 0.25) is 5.02 Å². The molecule has 1 aliphatic heterocycles. The van der Waals surface area contributed by atoms with Gasteiger partial charge in [0, 0.05) is 42.3 Å². The van der Waals surface area contributed by atoms with Gasteiger partial charge in [-0.05, 0) is 61.6 Å². The largest absolute Gasteiger partial charge is 0.495 e. The van der Waals surface area contributed by atoms with Crippen molar-refractivity contribution >= 4 is 27.5 Å². The number of halogens is 1. The van der Waals surface area contributed by atoms with Crippen molar-refractivity contribution in [3.63, 3.8) is 0 Å². The number of carbonyl (C=O) groups excluding carboxylic acids is 1. The Hall–Kier alpha value is -2.13. The van der Waals surface area contributed by atoms with Crippen molar-refractivity contribution in [3.8, 4) is 5.75 Å². The van der Waals surface area contributed by atoms with Gasteiger partial charge in [-0.2, -0.15) is 0 Å². The van der Waals surface area contributed by atoms with E-state index in [0.29, 0.717) is 10.6 Å². The molecule has 32 heavy (non-hydrogen) atoms. The predicted octanol–water partition coefficient (Wildman–Crippen LogP) is 3.18. The van der Waals surface area contributed by atoms with Gasteiger partial charge >= 0.3 is 0 Å². The van der Waals surface area contributed by atoms with Crippen molar-refractivity contribution < 1.29 is 17.9 Å². The Morgan fingerprint density at radius 1 is 1.09 bits per heavy atom. The van der Waals surface area contributed by atoms with Crippen LogP contribution in [0, 0.1) is 0 Å². The molecule has 0 unspecified atom stereocenters. The standard InChI is InChI=1S/C23H28ClN3O4S/c1-31-21-9-4-17(23(28)26-19-10-12-27(13-11-19)20-7-8-20)14-22(21)32(29,30)25-15-16-2-5-18(24)6-3-16/h2-6,9,14,19-20,25H,7-8,10-13,15H2,1H3,(H,26,28). The second kappa shape index (κ2) is 9.79. The van der Waals surface area contributed by atoms with Gasteiger partial charge in [0.1, 0.15) is 10.6 Å². The van der Waals surface area contributed by atoms with E-state index in [9.17, 15) is 13.2 Å². The predicted molar refractivity (Wildman–Crippen MR) is 124 cm³/mol. The van der Waals surface area contributed by atoms with Crippen LogP contribution in [0.15, 0.2) is 47.4 Å². The Morgan fingerprint density at radius 2 is 1.78 bits per heavy atom. The van der Waals surface area contributed by atoms with Gasteiger partial charge in [-0.1, -0.05) is 23.7 Å². The summed E-state index contributed by atoms with van der Waals surface area (Å²) >= 11 is 5.88. The van der Waals surface area contributed by atoms with Crippen molar-refractivity contribution in [3.05, 3.63) is 58.6 Å². The van der Waals surface area contributed by atoms with Crippen molar-refractivity contribution in [2.75, 3.05) is 20.2 Å². The highest BCUT2D eigenvalue weighted by molar-refractivity contribution is 7.89. The average molecular weight is 478 g/mol. The van der Waals surface area contributed by atoms with Crippen molar-refractivity contribution in [1.82, 2.24) is 14.9 Å². The molecule has 0 radical (unpaired) electrons. The first-order chi connectivity index (χ1) is 15.4. The van der Waals surface area contributed by atoms with Crippen LogP contribution < -0.4 is 14.8 Å². The topological polar surface area (TPSA) is 87.7 Å². The highest BCUT2D eigenvalue weighted by Gasteiger charge is 2.32. The van der Waals surface area contributed by atoms with E-state index in [0.717, 1.165) is 37.5 Å². The van der Waals surface area contributed by atoms with Gasteiger partial charge in [-0.15, -0.1) is 0 Å². The maximum absolute atomic E-state index is 13.0. The molecule has 2 aromatic carbocycles. The number of likely N-dealkylation sites (tertiary alicyclic amines) is 1. The summed E-state index contributed by atoms with van der Waals surface area (Å²) < 4.78 is 33.8. The van der Waals surface area contributed by atoms with Crippen LogP contribution in [-0.2, 0) is 16.6 Å². The number of hydrogen-bond donors (Lipinski definition) is 2. The lowest BCUT2D eigenvalue weighted by molar-refractivity contribution is 0.0909. The zero-order valence-electron chi connectivity index (χ0n) is 18.0. The number of piperidine rings is 1. The number of sulfonamides is 1. The number of nitrogens with zero attached hydrogens (tertiary/aromatic N) is 1. The third-order valence-corrected chi connectivity index (χ3v) is 7.70. The maximum Gasteiger partial charge on any atom is 0.251 e. The van der Waals surface area contributed by atoms with E-state index in [1.165, 1.54) is 32.1 Å². The van der Waals surface area contributed by atoms with E-state index < -0.39 is 10.0 Å². The summed E-state index contributed by atoms with van der Waals surface area (Å²) in [4.78, 5) is 15.3. The molecule has 7 nitrogen and oxygen atoms in total. The number of hydrogen-bond acceptors (Lipinski definition) is 5. The van der Waals surface area contributed by atoms with Crippen LogP contribution in [-0.4, -0.2) is 51.5 Å². The second-order valence-electron chi connectivity index (χ2n) is 8.33. The molecule has 0 spiro atoms. The van der Waals surface area contributed by atoms with Gasteiger partial charge in [0.2, 0.25) is 10.0 Å². The summed E-state index contributed by atoms with van der Waals surface area (Å²) in [5, 5.41) is 3.64. The molecule has 2 N–H and O–H groups in total. The van der Waals surface area contributed by atoms with Gasteiger partial charge < -0.3 is 15.0 Å². The van der Waals surface area contributed by atoms with E-state index in [1.807, 2.05) is 0 Å². The normalized spacial score (nSPS) is 17.8. The van der Waals surface area contributed by atoms with Crippen LogP contribution in [0.3, 0.4) is 0 Å². The molecule has 0 aromatic heterocycles. The van der Waals surface area contributed by atoms with Gasteiger partial charge in [-0.3, -0.25) is 4.79 Å². The number of nitrogens with one attached hydrogen (secondary N) is 2. The molecule has 0 atom stereocenters. The van der Waals surface area contributed by atoms with Crippen molar-refractivity contribution in [1.29, 1.82) is 0 Å². The number of rotatable bonds is 8. The molecule has 0 bridgehead atoms. The first-order valence-electron chi connectivity index (χ1n) is 10.8. The zero-order valence-corrected chi connectivity index (χ0v) is 19.6. The van der Waals surface area contributed by atoms with Crippen molar-refractivity contribution in [2.45, 2.75) is 49.2 Å². The lowest BCUT2D eigenvalue weighted by Crippen LogP contribution is -2.45. The average Bonchev–Trinajstić information content (AvgIpc) is 3.64. The van der Waals surface area contributed by atoms with Gasteiger partial charge in [0.25, 0.3) is 5.91 Å². The Morgan fingerprint density at radius 3 is 2.41 bits per heavy atom. The number of amides is 1. The molecular formula is C23H28ClN3O4S. The molecule has 1 amide bonds. The quantitative estimate of drug-likeness (QED) is 0.609. The van der Waals surface area contributed by atoms with Gasteiger partial charge in [0.15, 0.2) is 0 Å². The Kier molecular flexibility index (Phi) is 7.05. The van der Waals surface area contributed by atoms with Gasteiger partial charge in [0.05, 0.1) is 7.11 Å². The third kappa shape index (κ3) is 5.61. The summed E-state index contributed by atoms with van der Waals surface area (Å²) in [5.74, 6) is -0.0884. The van der Waals surface area contributed by atoms with E-state index >= 15 is 0 Å². The number of ether oxygens (including phenoxy) is 1. The first kappa shape index (κ1) is 23.0. The molecule has 2 aromatic rings. The SMILES string of the molecule is COc1ccc(C(=O)NC2CCN(C3CC3)CC2)cc1S(=O)(=O)NCc1ccc(Cl)cc1. The molecule has 2 fully saturated rings. The minimum absolute atomic E-state index is 0.0647. The highest BCUT2D eigenvalue weighted by Crippen LogP contribution is 2.29. The summed E-state index contributed by atoms with van der Waals surface area (Å²) in [5.41, 5.74) is 1.06. The summed E-state index contributed by atoms with van der Waals surface area (Å²) in [7, 11) is -2.50. The Bertz CT molecular complexity index is 1060. The fourth-order valence-corrected chi connectivity index (χ4v) is 5.34. The maximum atomic E-state index is 13.0. The Labute approximate surface area is 194 Å². The highest BCUT2D eigenvalue weighted by atomic mass is 35.5. The second-order valence-corrected chi connectivity index (χ2v) is 10.5. The molecule has 1 saturated carbocycles. The molecule has 4 rings (SSSR count). The number of carbonyl (C=O) groups is 1. The van der Waals surface area contributed by atoms with E-state index in [-0.39, 0.29) is 29.1 Å². The summed E-state index contributed by atoms with van der Waals surface area (Å²) in [6.45, 7) is 2.08. The van der Waals surface area contributed by atoms with E-state index in [2.05, 4.69) is 14.9 Å². The minimum Gasteiger partial charge on any atom is -0.495 e. The first-order valence-corrected chi connectivity index (χ1v) is 12.7. The molecule has 1 aliphatic carbocycles. The Balaban J connectivity index is 1.43. The molecule has 1 heterocycles. The molecule has 1 saturated heterocycles. The zero-order chi connectivity index (χ0) is 22.7. The molecule has 9 heteroatoms. The monoisotopic (exact) mass is 477 g/mol. The van der Waals surface area contributed by atoms with Crippen molar-refractivity contribution in [2.24, 2.45) is 0 Å². The molecule has 172 valence electrons. The van der Waals surface area contributed by atoms with Crippen LogP contribution in [0.1, 0.15) is 41.6 Å². The van der Waals surface area contributed by atoms with Crippen LogP contribution in [0.5, 0.6) is 5.75 Å². The number of methoxy groups -OCH3 is 1. The fraction of sp³-hybridized carbons (Fsp3) is 0.435. The van der Waals surface area contributed by atoms with E-state index in [1.54, 1.807) is 30.3 Å². The lowest BCUT2D eigenvalue weighted by atomic mass is 10.0. The smallest absolute Gasteiger partial charge is 0.251 e. The van der Waals surface area contributed by atoms with Crippen LogP contribution in [0.25, 0.3) is 0 Å². The van der Waals surface area contributed by atoms with Crippen LogP contribution >= 0.6 is 11.6 Å². The number of benzene rings is 2. The minimum atomic E-state index is -3.90.